The Morgan fingerprint density at radius 2 is 1.83 bits per heavy atom. The third-order valence-corrected chi connectivity index (χ3v) is 4.84. The van der Waals surface area contributed by atoms with E-state index in [0.717, 1.165) is 29.3 Å². The number of H-pyrrole nitrogens is 1. The molecule has 0 saturated carbocycles. The van der Waals surface area contributed by atoms with E-state index in [-0.39, 0.29) is 11.8 Å². The summed E-state index contributed by atoms with van der Waals surface area (Å²) in [6.07, 6.45) is 4.33. The number of rotatable bonds is 11. The standard InChI is InChI=1S/C23H33N3O4/c1-5-6-11-30-23(29)21(12-15(2)3)26-22(28)20(25-16(4)27)13-17-14-24-19-10-8-7-9-18(17)19/h7-10,14-15,20-21,24H,5-6,11-13H2,1-4H3,(H,25,27)(H,26,28). The number of aromatic nitrogens is 1. The smallest absolute Gasteiger partial charge is 0.328 e. The van der Waals surface area contributed by atoms with Crippen LogP contribution in [0, 0.1) is 5.92 Å². The van der Waals surface area contributed by atoms with Crippen LogP contribution in [-0.2, 0) is 25.5 Å². The molecule has 2 unspecified atom stereocenters. The predicted octanol–water partition coefficient (Wildman–Crippen LogP) is 3.09. The number of unbranched alkanes of at least 4 members (excludes halogenated alkanes) is 1. The van der Waals surface area contributed by atoms with Crippen LogP contribution in [0.4, 0.5) is 0 Å². The summed E-state index contributed by atoms with van der Waals surface area (Å²) < 4.78 is 5.32. The fourth-order valence-electron chi connectivity index (χ4n) is 3.35. The molecule has 164 valence electrons. The average Bonchev–Trinajstić information content (AvgIpc) is 3.09. The molecule has 0 aliphatic carbocycles. The van der Waals surface area contributed by atoms with Crippen molar-refractivity contribution in [2.24, 2.45) is 5.92 Å². The maximum absolute atomic E-state index is 13.0. The van der Waals surface area contributed by atoms with Gasteiger partial charge in [0.05, 0.1) is 6.61 Å². The minimum atomic E-state index is -0.792. The quantitative estimate of drug-likeness (QED) is 0.388. The second-order valence-corrected chi connectivity index (χ2v) is 8.03. The zero-order chi connectivity index (χ0) is 22.1. The fraction of sp³-hybridized carbons (Fsp3) is 0.522. The summed E-state index contributed by atoms with van der Waals surface area (Å²) in [5.74, 6) is -0.935. The lowest BCUT2D eigenvalue weighted by Gasteiger charge is -2.23. The number of fused-ring (bicyclic) bond motifs is 1. The van der Waals surface area contributed by atoms with Crippen molar-refractivity contribution in [3.05, 3.63) is 36.0 Å². The van der Waals surface area contributed by atoms with Crippen LogP contribution in [0.2, 0.25) is 0 Å². The zero-order valence-electron chi connectivity index (χ0n) is 18.3. The fourth-order valence-corrected chi connectivity index (χ4v) is 3.35. The molecule has 1 aromatic carbocycles. The molecule has 0 radical (unpaired) electrons. The lowest BCUT2D eigenvalue weighted by atomic mass is 10.0. The molecule has 1 heterocycles. The van der Waals surface area contributed by atoms with Crippen molar-refractivity contribution in [3.8, 4) is 0 Å². The second kappa shape index (κ2) is 11.4. The maximum atomic E-state index is 13.0. The van der Waals surface area contributed by atoms with E-state index in [2.05, 4.69) is 15.6 Å². The summed E-state index contributed by atoms with van der Waals surface area (Å²) in [7, 11) is 0. The molecule has 0 aliphatic rings. The Kier molecular flexibility index (Phi) is 8.89. The molecule has 3 N–H and O–H groups in total. The van der Waals surface area contributed by atoms with Gasteiger partial charge >= 0.3 is 5.97 Å². The van der Waals surface area contributed by atoms with Gasteiger partial charge < -0.3 is 20.4 Å². The first-order chi connectivity index (χ1) is 14.3. The second-order valence-electron chi connectivity index (χ2n) is 8.03. The Morgan fingerprint density at radius 1 is 1.10 bits per heavy atom. The first kappa shape index (κ1) is 23.4. The number of nitrogens with one attached hydrogen (secondary N) is 3. The minimum absolute atomic E-state index is 0.196. The van der Waals surface area contributed by atoms with Gasteiger partial charge in [0.2, 0.25) is 11.8 Å². The molecule has 7 heteroatoms. The summed E-state index contributed by atoms with van der Waals surface area (Å²) in [6, 6.07) is 6.25. The van der Waals surface area contributed by atoms with Crippen molar-refractivity contribution in [1.82, 2.24) is 15.6 Å². The Balaban J connectivity index is 2.14. The van der Waals surface area contributed by atoms with Gasteiger partial charge in [-0.3, -0.25) is 9.59 Å². The van der Waals surface area contributed by atoms with Gasteiger partial charge in [0.15, 0.2) is 0 Å². The number of hydrogen-bond donors (Lipinski definition) is 3. The van der Waals surface area contributed by atoms with Gasteiger partial charge in [-0.05, 0) is 30.4 Å². The van der Waals surface area contributed by atoms with E-state index in [9.17, 15) is 14.4 Å². The van der Waals surface area contributed by atoms with Crippen LogP contribution in [0.25, 0.3) is 10.9 Å². The number of carbonyl (C=O) groups is 3. The molecular weight excluding hydrogens is 382 g/mol. The highest BCUT2D eigenvalue weighted by molar-refractivity contribution is 5.91. The van der Waals surface area contributed by atoms with E-state index in [1.165, 1.54) is 6.92 Å². The van der Waals surface area contributed by atoms with Crippen molar-refractivity contribution >= 4 is 28.7 Å². The molecule has 2 rings (SSSR count). The van der Waals surface area contributed by atoms with E-state index >= 15 is 0 Å². The molecule has 2 amide bonds. The molecular formula is C23H33N3O4. The summed E-state index contributed by atoms with van der Waals surface area (Å²) in [5, 5.41) is 6.52. The van der Waals surface area contributed by atoms with Crippen LogP contribution >= 0.6 is 0 Å². The Morgan fingerprint density at radius 3 is 2.50 bits per heavy atom. The maximum Gasteiger partial charge on any atom is 0.328 e. The topological polar surface area (TPSA) is 100 Å². The number of esters is 1. The third-order valence-electron chi connectivity index (χ3n) is 4.84. The monoisotopic (exact) mass is 415 g/mol. The van der Waals surface area contributed by atoms with Gasteiger partial charge in [-0.2, -0.15) is 0 Å². The number of para-hydroxylation sites is 1. The van der Waals surface area contributed by atoms with Crippen LogP contribution in [-0.4, -0.2) is 41.5 Å². The number of hydrogen-bond acceptors (Lipinski definition) is 4. The predicted molar refractivity (Wildman–Crippen MR) is 117 cm³/mol. The molecule has 2 atom stereocenters. The van der Waals surface area contributed by atoms with Crippen LogP contribution < -0.4 is 10.6 Å². The zero-order valence-corrected chi connectivity index (χ0v) is 18.3. The van der Waals surface area contributed by atoms with Crippen LogP contribution in [0.1, 0.15) is 52.5 Å². The molecule has 0 saturated heterocycles. The highest BCUT2D eigenvalue weighted by Gasteiger charge is 2.28. The summed E-state index contributed by atoms with van der Waals surface area (Å²) in [4.78, 5) is 40.4. The van der Waals surface area contributed by atoms with Gasteiger partial charge in [0.1, 0.15) is 12.1 Å². The van der Waals surface area contributed by atoms with E-state index in [4.69, 9.17) is 4.74 Å². The number of aromatic amines is 1. The Labute approximate surface area is 177 Å². The lowest BCUT2D eigenvalue weighted by Crippen LogP contribution is -2.52. The normalized spacial score (nSPS) is 13.1. The van der Waals surface area contributed by atoms with Crippen molar-refractivity contribution in [1.29, 1.82) is 0 Å². The molecule has 2 aromatic rings. The van der Waals surface area contributed by atoms with Crippen molar-refractivity contribution in [2.75, 3.05) is 6.61 Å². The third kappa shape index (κ3) is 6.90. The van der Waals surface area contributed by atoms with E-state index < -0.39 is 24.0 Å². The lowest BCUT2D eigenvalue weighted by molar-refractivity contribution is -0.148. The van der Waals surface area contributed by atoms with Gasteiger partial charge in [0.25, 0.3) is 0 Å². The molecule has 0 fully saturated rings. The molecule has 1 aromatic heterocycles. The van der Waals surface area contributed by atoms with Crippen molar-refractivity contribution in [2.45, 2.75) is 65.5 Å². The first-order valence-electron chi connectivity index (χ1n) is 10.6. The van der Waals surface area contributed by atoms with Crippen LogP contribution in [0.3, 0.4) is 0 Å². The van der Waals surface area contributed by atoms with Gasteiger partial charge in [-0.15, -0.1) is 0 Å². The first-order valence-corrected chi connectivity index (χ1v) is 10.6. The summed E-state index contributed by atoms with van der Waals surface area (Å²) in [6.45, 7) is 7.69. The van der Waals surface area contributed by atoms with Gasteiger partial charge in [0, 0.05) is 30.4 Å². The van der Waals surface area contributed by atoms with E-state index in [0.29, 0.717) is 19.4 Å². The highest BCUT2D eigenvalue weighted by atomic mass is 16.5. The molecule has 30 heavy (non-hydrogen) atoms. The van der Waals surface area contributed by atoms with E-state index in [1.807, 2.05) is 51.2 Å². The highest BCUT2D eigenvalue weighted by Crippen LogP contribution is 2.19. The molecule has 0 aliphatic heterocycles. The summed E-state index contributed by atoms with van der Waals surface area (Å²) >= 11 is 0. The van der Waals surface area contributed by atoms with Crippen LogP contribution in [0.15, 0.2) is 30.5 Å². The van der Waals surface area contributed by atoms with E-state index in [1.54, 1.807) is 0 Å². The summed E-state index contributed by atoms with van der Waals surface area (Å²) in [5.41, 5.74) is 1.89. The minimum Gasteiger partial charge on any atom is -0.464 e. The van der Waals surface area contributed by atoms with Gasteiger partial charge in [-0.25, -0.2) is 4.79 Å². The van der Waals surface area contributed by atoms with Gasteiger partial charge in [-0.1, -0.05) is 45.4 Å². The molecule has 7 nitrogen and oxygen atoms in total. The molecule has 0 bridgehead atoms. The van der Waals surface area contributed by atoms with Crippen molar-refractivity contribution < 1.29 is 19.1 Å². The number of ether oxygens (including phenoxy) is 1. The Hall–Kier alpha value is -2.83. The van der Waals surface area contributed by atoms with Crippen LogP contribution in [0.5, 0.6) is 0 Å². The largest absolute Gasteiger partial charge is 0.464 e. The van der Waals surface area contributed by atoms with Crippen molar-refractivity contribution in [3.63, 3.8) is 0 Å². The number of amides is 2. The number of carbonyl (C=O) groups excluding carboxylic acids is 3. The Bertz CT molecular complexity index is 859. The number of benzene rings is 1. The SMILES string of the molecule is CCCCOC(=O)C(CC(C)C)NC(=O)C(Cc1c[nH]c2ccccc12)NC(C)=O. The average molecular weight is 416 g/mol. The molecule has 0 spiro atoms.